The number of nitrogens with two attached hydrogens (primary N) is 1. The van der Waals surface area contributed by atoms with Crippen LogP contribution in [0, 0.1) is 5.92 Å². The molecule has 19 heavy (non-hydrogen) atoms. The van der Waals surface area contributed by atoms with Gasteiger partial charge in [0.1, 0.15) is 5.75 Å². The first-order valence-electron chi connectivity index (χ1n) is 7.37. The molecule has 0 aromatic heterocycles. The summed E-state index contributed by atoms with van der Waals surface area (Å²) in [6.07, 6.45) is 5.15. The lowest BCUT2D eigenvalue weighted by Gasteiger charge is -2.31. The number of rotatable bonds is 6. The molecular formula is C16H26N2O. The van der Waals surface area contributed by atoms with E-state index in [1.165, 1.54) is 44.3 Å². The van der Waals surface area contributed by atoms with Gasteiger partial charge in [0.25, 0.3) is 0 Å². The maximum Gasteiger partial charge on any atom is 0.118 e. The number of hydrogen-bond acceptors (Lipinski definition) is 3. The summed E-state index contributed by atoms with van der Waals surface area (Å²) in [5, 5.41) is 0. The quantitative estimate of drug-likeness (QED) is 0.855. The van der Waals surface area contributed by atoms with Crippen molar-refractivity contribution in [2.45, 2.75) is 25.7 Å². The second-order valence-electron chi connectivity index (χ2n) is 5.46. The largest absolute Gasteiger partial charge is 0.497 e. The highest BCUT2D eigenvalue weighted by molar-refractivity contribution is 5.27. The molecule has 1 aliphatic heterocycles. The normalized spacial score (nSPS) is 17.6. The Balaban J connectivity index is 1.71. The van der Waals surface area contributed by atoms with Gasteiger partial charge in [-0.2, -0.15) is 0 Å². The average Bonchev–Trinajstić information content (AvgIpc) is 2.47. The smallest absolute Gasteiger partial charge is 0.118 e. The van der Waals surface area contributed by atoms with Gasteiger partial charge in [0, 0.05) is 13.1 Å². The molecule has 0 aliphatic carbocycles. The van der Waals surface area contributed by atoms with E-state index in [0.717, 1.165) is 24.8 Å². The molecule has 0 spiro atoms. The molecule has 0 atom stereocenters. The van der Waals surface area contributed by atoms with E-state index in [4.69, 9.17) is 10.5 Å². The van der Waals surface area contributed by atoms with Gasteiger partial charge in [-0.15, -0.1) is 0 Å². The van der Waals surface area contributed by atoms with E-state index in [-0.39, 0.29) is 0 Å². The molecule has 1 aromatic rings. The lowest BCUT2D eigenvalue weighted by atomic mass is 9.90. The van der Waals surface area contributed by atoms with Crippen molar-refractivity contribution >= 4 is 0 Å². The molecule has 0 saturated carbocycles. The minimum Gasteiger partial charge on any atom is -0.497 e. The van der Waals surface area contributed by atoms with Crippen LogP contribution in [0.1, 0.15) is 24.8 Å². The van der Waals surface area contributed by atoms with Gasteiger partial charge in [0.05, 0.1) is 7.11 Å². The van der Waals surface area contributed by atoms with E-state index < -0.39 is 0 Å². The Labute approximate surface area is 116 Å². The Bertz CT molecular complexity index is 356. The fourth-order valence-corrected chi connectivity index (χ4v) is 2.84. The number of likely N-dealkylation sites (tertiary alicyclic amines) is 1. The molecule has 0 bridgehead atoms. The van der Waals surface area contributed by atoms with Crippen LogP contribution in [0.4, 0.5) is 0 Å². The summed E-state index contributed by atoms with van der Waals surface area (Å²) >= 11 is 0. The zero-order chi connectivity index (χ0) is 13.5. The Morgan fingerprint density at radius 3 is 2.47 bits per heavy atom. The third kappa shape index (κ3) is 4.51. The molecule has 2 N–H and O–H groups in total. The van der Waals surface area contributed by atoms with Gasteiger partial charge in [-0.1, -0.05) is 12.1 Å². The van der Waals surface area contributed by atoms with Crippen molar-refractivity contribution < 1.29 is 4.74 Å². The Hall–Kier alpha value is -1.06. The van der Waals surface area contributed by atoms with Crippen molar-refractivity contribution in [1.29, 1.82) is 0 Å². The third-order valence-electron chi connectivity index (χ3n) is 4.15. The van der Waals surface area contributed by atoms with Crippen LogP contribution in [0.15, 0.2) is 24.3 Å². The van der Waals surface area contributed by atoms with Crippen molar-refractivity contribution in [2.75, 3.05) is 33.3 Å². The molecule has 1 saturated heterocycles. The van der Waals surface area contributed by atoms with Gasteiger partial charge in [-0.25, -0.2) is 0 Å². The molecule has 3 heteroatoms. The van der Waals surface area contributed by atoms with Crippen LogP contribution in [-0.4, -0.2) is 38.2 Å². The van der Waals surface area contributed by atoms with Gasteiger partial charge >= 0.3 is 0 Å². The standard InChI is InChI=1S/C16H26N2O/c1-19-16-6-4-14(5-7-16)2-3-15-8-11-18(12-9-15)13-10-17/h4-7,15H,2-3,8-13,17H2,1H3. The summed E-state index contributed by atoms with van der Waals surface area (Å²) in [4.78, 5) is 2.49. The topological polar surface area (TPSA) is 38.5 Å². The van der Waals surface area contributed by atoms with E-state index >= 15 is 0 Å². The SMILES string of the molecule is COc1ccc(CCC2CCN(CCN)CC2)cc1. The molecular weight excluding hydrogens is 236 g/mol. The fraction of sp³-hybridized carbons (Fsp3) is 0.625. The third-order valence-corrected chi connectivity index (χ3v) is 4.15. The van der Waals surface area contributed by atoms with Crippen LogP contribution >= 0.6 is 0 Å². The van der Waals surface area contributed by atoms with Crippen molar-refractivity contribution in [3.05, 3.63) is 29.8 Å². The molecule has 106 valence electrons. The maximum absolute atomic E-state index is 5.60. The van der Waals surface area contributed by atoms with Gasteiger partial charge in [-0.3, -0.25) is 0 Å². The van der Waals surface area contributed by atoms with Crippen LogP contribution in [0.5, 0.6) is 5.75 Å². The van der Waals surface area contributed by atoms with E-state index in [9.17, 15) is 0 Å². The second-order valence-corrected chi connectivity index (χ2v) is 5.46. The van der Waals surface area contributed by atoms with E-state index in [0.29, 0.717) is 0 Å². The number of hydrogen-bond donors (Lipinski definition) is 1. The van der Waals surface area contributed by atoms with Crippen molar-refractivity contribution in [3.8, 4) is 5.75 Å². The number of methoxy groups -OCH3 is 1. The summed E-state index contributed by atoms with van der Waals surface area (Å²) in [7, 11) is 1.71. The fourth-order valence-electron chi connectivity index (χ4n) is 2.84. The minimum absolute atomic E-state index is 0.788. The molecule has 1 fully saturated rings. The van der Waals surface area contributed by atoms with Crippen molar-refractivity contribution in [2.24, 2.45) is 11.7 Å². The van der Waals surface area contributed by atoms with E-state index in [2.05, 4.69) is 29.2 Å². The van der Waals surface area contributed by atoms with Gasteiger partial charge < -0.3 is 15.4 Å². The van der Waals surface area contributed by atoms with Crippen LogP contribution in [0.2, 0.25) is 0 Å². The summed E-state index contributed by atoms with van der Waals surface area (Å²) < 4.78 is 5.18. The number of ether oxygens (including phenoxy) is 1. The molecule has 0 radical (unpaired) electrons. The highest BCUT2D eigenvalue weighted by atomic mass is 16.5. The monoisotopic (exact) mass is 262 g/mol. The molecule has 2 rings (SSSR count). The van der Waals surface area contributed by atoms with E-state index in [1.807, 2.05) is 0 Å². The van der Waals surface area contributed by atoms with Crippen LogP contribution < -0.4 is 10.5 Å². The predicted octanol–water partition coefficient (Wildman–Crippen LogP) is 2.30. The first-order valence-corrected chi connectivity index (χ1v) is 7.37. The van der Waals surface area contributed by atoms with Crippen LogP contribution in [-0.2, 0) is 6.42 Å². The minimum atomic E-state index is 0.788. The Morgan fingerprint density at radius 2 is 1.89 bits per heavy atom. The molecule has 1 aromatic carbocycles. The zero-order valence-corrected chi connectivity index (χ0v) is 12.0. The Morgan fingerprint density at radius 1 is 1.21 bits per heavy atom. The zero-order valence-electron chi connectivity index (χ0n) is 12.0. The van der Waals surface area contributed by atoms with Crippen LogP contribution in [0.25, 0.3) is 0 Å². The van der Waals surface area contributed by atoms with Gasteiger partial charge in [0.2, 0.25) is 0 Å². The second kappa shape index (κ2) is 7.51. The number of nitrogens with zero attached hydrogens (tertiary/aromatic N) is 1. The van der Waals surface area contributed by atoms with Crippen molar-refractivity contribution in [3.63, 3.8) is 0 Å². The average molecular weight is 262 g/mol. The maximum atomic E-state index is 5.60. The number of aryl methyl sites for hydroxylation is 1. The molecule has 0 amide bonds. The summed E-state index contributed by atoms with van der Waals surface area (Å²) in [5.41, 5.74) is 7.02. The highest BCUT2D eigenvalue weighted by Gasteiger charge is 2.18. The van der Waals surface area contributed by atoms with Gasteiger partial charge in [0.15, 0.2) is 0 Å². The summed E-state index contributed by atoms with van der Waals surface area (Å²) in [6.45, 7) is 4.30. The lowest BCUT2D eigenvalue weighted by Crippen LogP contribution is -2.37. The number of piperidine rings is 1. The van der Waals surface area contributed by atoms with Gasteiger partial charge in [-0.05, 0) is 62.4 Å². The lowest BCUT2D eigenvalue weighted by molar-refractivity contribution is 0.183. The molecule has 1 heterocycles. The first-order chi connectivity index (χ1) is 9.31. The predicted molar refractivity (Wildman–Crippen MR) is 79.5 cm³/mol. The molecule has 3 nitrogen and oxygen atoms in total. The summed E-state index contributed by atoms with van der Waals surface area (Å²) in [6, 6.07) is 8.48. The van der Waals surface area contributed by atoms with Crippen LogP contribution in [0.3, 0.4) is 0 Å². The molecule has 1 aliphatic rings. The molecule has 0 unspecified atom stereocenters. The van der Waals surface area contributed by atoms with Crippen molar-refractivity contribution in [1.82, 2.24) is 4.90 Å². The first kappa shape index (κ1) is 14.4. The number of benzene rings is 1. The highest BCUT2D eigenvalue weighted by Crippen LogP contribution is 2.22. The summed E-state index contributed by atoms with van der Waals surface area (Å²) in [5.74, 6) is 1.83. The van der Waals surface area contributed by atoms with E-state index in [1.54, 1.807) is 7.11 Å². The Kier molecular flexibility index (Phi) is 5.67.